The lowest BCUT2D eigenvalue weighted by Crippen LogP contribution is -2.04. The third-order valence-electron chi connectivity index (χ3n) is 5.19. The second-order valence-electron chi connectivity index (χ2n) is 8.26. The molecule has 0 bridgehead atoms. The van der Waals surface area contributed by atoms with Gasteiger partial charge in [-0.3, -0.25) is 4.55 Å². The molecule has 4 N–H and O–H groups in total. The Bertz CT molecular complexity index is 379. The van der Waals surface area contributed by atoms with Crippen LogP contribution in [-0.4, -0.2) is 19.6 Å². The van der Waals surface area contributed by atoms with Crippen molar-refractivity contribution >= 4 is 10.4 Å². The van der Waals surface area contributed by atoms with Crippen molar-refractivity contribution in [2.75, 3.05) is 6.61 Å². The Morgan fingerprint density at radius 2 is 0.733 bits per heavy atom. The Kier molecular flexibility index (Phi) is 33.1. The third-order valence-corrected chi connectivity index (χ3v) is 5.65. The minimum Gasteiger partial charge on any atom is -0.344 e. The average Bonchev–Trinajstić information content (AvgIpc) is 2.68. The van der Waals surface area contributed by atoms with Gasteiger partial charge in [0.1, 0.15) is 0 Å². The average molecular weight is 454 g/mol. The van der Waals surface area contributed by atoms with Crippen molar-refractivity contribution in [3.63, 3.8) is 0 Å². The fraction of sp³-hybridized carbons (Fsp3) is 1.00. The largest absolute Gasteiger partial charge is 0.397 e. The molecule has 0 aliphatic heterocycles. The fourth-order valence-corrected chi connectivity index (χ4v) is 3.64. The van der Waals surface area contributed by atoms with Gasteiger partial charge in [-0.15, -0.1) is 0 Å². The van der Waals surface area contributed by atoms with Crippen molar-refractivity contribution in [2.45, 2.75) is 149 Å². The summed E-state index contributed by atoms with van der Waals surface area (Å²) >= 11 is 0. The van der Waals surface area contributed by atoms with E-state index in [0.717, 1.165) is 12.8 Å². The van der Waals surface area contributed by atoms with Gasteiger partial charge in [0.2, 0.25) is 0 Å². The first-order valence-corrected chi connectivity index (χ1v) is 14.0. The summed E-state index contributed by atoms with van der Waals surface area (Å²) in [4.78, 5) is 0. The molecule has 0 aliphatic rings. The zero-order chi connectivity index (χ0) is 22.1. The maximum Gasteiger partial charge on any atom is 0.397 e. The van der Waals surface area contributed by atoms with Crippen molar-refractivity contribution in [1.82, 2.24) is 6.15 Å². The molecule has 0 rings (SSSR count). The smallest absolute Gasteiger partial charge is 0.344 e. The van der Waals surface area contributed by atoms with E-state index in [4.69, 9.17) is 4.55 Å². The van der Waals surface area contributed by atoms with Gasteiger partial charge in [0.05, 0.1) is 6.61 Å². The van der Waals surface area contributed by atoms with E-state index in [0.29, 0.717) is 6.42 Å². The van der Waals surface area contributed by atoms with Crippen LogP contribution in [0.1, 0.15) is 149 Å². The van der Waals surface area contributed by atoms with Gasteiger partial charge in [-0.05, 0) is 6.42 Å². The highest BCUT2D eigenvalue weighted by molar-refractivity contribution is 7.80. The Balaban J connectivity index is -0.000000497. The predicted octanol–water partition coefficient (Wildman–Crippen LogP) is 8.82. The van der Waals surface area contributed by atoms with E-state index < -0.39 is 10.4 Å². The Morgan fingerprint density at radius 3 is 0.967 bits per heavy atom. The normalized spacial score (nSPS) is 10.9. The van der Waals surface area contributed by atoms with Crippen LogP contribution in [0.4, 0.5) is 0 Å². The van der Waals surface area contributed by atoms with Crippen LogP contribution in [0, 0.1) is 0 Å². The number of rotatable bonds is 21. The monoisotopic (exact) mass is 453 g/mol. The summed E-state index contributed by atoms with van der Waals surface area (Å²) in [6, 6.07) is 0. The summed E-state index contributed by atoms with van der Waals surface area (Å²) in [5, 5.41) is 0. The first-order valence-electron chi connectivity index (χ1n) is 12.6. The second-order valence-corrected chi connectivity index (χ2v) is 9.35. The summed E-state index contributed by atoms with van der Waals surface area (Å²) in [5.74, 6) is 0. The third kappa shape index (κ3) is 38.4. The van der Waals surface area contributed by atoms with E-state index in [1.54, 1.807) is 0 Å². The van der Waals surface area contributed by atoms with Gasteiger partial charge >= 0.3 is 10.4 Å². The maximum absolute atomic E-state index is 10.2. The highest BCUT2D eigenvalue weighted by Crippen LogP contribution is 2.11. The Labute approximate surface area is 189 Å². The molecule has 0 aromatic carbocycles. The van der Waals surface area contributed by atoms with E-state index in [1.807, 2.05) is 0 Å². The molecule has 0 saturated carbocycles. The van der Waals surface area contributed by atoms with E-state index in [-0.39, 0.29) is 12.8 Å². The molecular formula is C24H55NO4S. The van der Waals surface area contributed by atoms with Gasteiger partial charge in [0.15, 0.2) is 0 Å². The van der Waals surface area contributed by atoms with Crippen molar-refractivity contribution in [3.8, 4) is 0 Å². The van der Waals surface area contributed by atoms with Crippen molar-refractivity contribution in [3.05, 3.63) is 0 Å². The topological polar surface area (TPSA) is 98.6 Å². The lowest BCUT2D eigenvalue weighted by Gasteiger charge is -2.02. The van der Waals surface area contributed by atoms with E-state index in [9.17, 15) is 8.42 Å². The molecule has 0 fully saturated rings. The Morgan fingerprint density at radius 1 is 0.500 bits per heavy atom. The zero-order valence-electron chi connectivity index (χ0n) is 20.6. The second kappa shape index (κ2) is 28.8. The molecule has 0 amide bonds. The highest BCUT2D eigenvalue weighted by Gasteiger charge is 2.02. The van der Waals surface area contributed by atoms with Gasteiger partial charge in [-0.2, -0.15) is 8.42 Å². The van der Waals surface area contributed by atoms with E-state index in [1.165, 1.54) is 109 Å². The predicted molar refractivity (Wildman–Crippen MR) is 132 cm³/mol. The van der Waals surface area contributed by atoms with Gasteiger partial charge in [0.25, 0.3) is 0 Å². The summed E-state index contributed by atoms with van der Waals surface area (Å²) in [5.41, 5.74) is 0. The molecule has 0 aromatic heterocycles. The minimum absolute atomic E-state index is 0. The van der Waals surface area contributed by atoms with Crippen molar-refractivity contribution in [2.24, 2.45) is 0 Å². The van der Waals surface area contributed by atoms with Crippen molar-refractivity contribution < 1.29 is 17.2 Å². The van der Waals surface area contributed by atoms with Crippen LogP contribution < -0.4 is 6.15 Å². The molecule has 0 saturated heterocycles. The lowest BCUT2D eigenvalue weighted by atomic mass is 10.1. The summed E-state index contributed by atoms with van der Waals surface area (Å²) < 4.78 is 33.0. The molecule has 0 aromatic rings. The van der Waals surface area contributed by atoms with Crippen LogP contribution >= 0.6 is 0 Å². The highest BCUT2D eigenvalue weighted by atomic mass is 32.3. The summed E-state index contributed by atoms with van der Waals surface area (Å²) in [6.45, 7) is 6.87. The molecular weight excluding hydrogens is 398 g/mol. The van der Waals surface area contributed by atoms with Gasteiger partial charge < -0.3 is 6.15 Å². The first kappa shape index (κ1) is 34.4. The molecule has 0 atom stereocenters. The lowest BCUT2D eigenvalue weighted by molar-refractivity contribution is 0.261. The molecule has 0 unspecified atom stereocenters. The van der Waals surface area contributed by atoms with Crippen LogP contribution in [-0.2, 0) is 14.6 Å². The van der Waals surface area contributed by atoms with Gasteiger partial charge in [0, 0.05) is 0 Å². The van der Waals surface area contributed by atoms with Crippen LogP contribution in [0.5, 0.6) is 0 Å². The first-order chi connectivity index (χ1) is 14.0. The van der Waals surface area contributed by atoms with E-state index >= 15 is 0 Å². The van der Waals surface area contributed by atoms with Crippen LogP contribution in [0.3, 0.4) is 0 Å². The van der Waals surface area contributed by atoms with Crippen LogP contribution in [0.25, 0.3) is 0 Å². The summed E-state index contributed by atoms with van der Waals surface area (Å²) in [7, 11) is -4.23. The van der Waals surface area contributed by atoms with Crippen molar-refractivity contribution in [1.29, 1.82) is 0 Å². The number of hydrogen-bond donors (Lipinski definition) is 2. The molecule has 0 radical (unpaired) electrons. The van der Waals surface area contributed by atoms with E-state index in [2.05, 4.69) is 25.0 Å². The molecule has 0 spiro atoms. The zero-order valence-corrected chi connectivity index (χ0v) is 21.5. The molecule has 0 aliphatic carbocycles. The Hall–Kier alpha value is -0.170. The van der Waals surface area contributed by atoms with Gasteiger partial charge in [-0.1, -0.05) is 143 Å². The number of unbranched alkanes of at least 4 members (excludes halogenated alkanes) is 18. The molecule has 186 valence electrons. The molecule has 30 heavy (non-hydrogen) atoms. The minimum atomic E-state index is -4.23. The number of hydrogen-bond acceptors (Lipinski definition) is 4. The van der Waals surface area contributed by atoms with Crippen LogP contribution in [0.15, 0.2) is 0 Å². The van der Waals surface area contributed by atoms with Gasteiger partial charge in [-0.25, -0.2) is 4.18 Å². The quantitative estimate of drug-likeness (QED) is 0.133. The summed E-state index contributed by atoms with van der Waals surface area (Å²) in [6.07, 6.45) is 26.3. The molecule has 5 nitrogen and oxygen atoms in total. The SMILES string of the molecule is CCCCCCCCCCCC.CCCCCCCCCCCCOS(=O)(=O)O.N. The standard InChI is InChI=1S/C12H26O4S.C12H26.H3N/c1-2-3-4-5-6-7-8-9-10-11-12-16-17(13,14)15;1-3-5-7-9-11-12-10-8-6-4-2;/h2-12H2,1H3,(H,13,14,15);3-12H2,1-2H3;1H3. The molecule has 0 heterocycles. The molecule has 6 heteroatoms. The fourth-order valence-electron chi connectivity index (χ4n) is 3.31. The maximum atomic E-state index is 10.2. The van der Waals surface area contributed by atoms with Crippen LogP contribution in [0.2, 0.25) is 0 Å².